The van der Waals surface area contributed by atoms with E-state index in [4.69, 9.17) is 18.9 Å². The number of carbonyl (C=O) groups excluding carboxylic acids is 4. The van der Waals surface area contributed by atoms with Gasteiger partial charge in [-0.2, -0.15) is 0 Å². The first-order chi connectivity index (χ1) is 31.4. The van der Waals surface area contributed by atoms with Crippen molar-refractivity contribution >= 4 is 23.9 Å². The van der Waals surface area contributed by atoms with E-state index in [1.807, 2.05) is 0 Å². The molecule has 4 rings (SSSR count). The molecular weight excluding hydrogens is 875 g/mol. The summed E-state index contributed by atoms with van der Waals surface area (Å²) in [4.78, 5) is 64.5. The third-order valence-corrected chi connectivity index (χ3v) is 17.4. The van der Waals surface area contributed by atoms with E-state index in [9.17, 15) is 19.2 Å². The number of hydrogen-bond donors (Lipinski definition) is 3. The molecule has 400 valence electrons. The van der Waals surface area contributed by atoms with Crippen LogP contribution in [-0.2, 0) is 38.1 Å². The van der Waals surface area contributed by atoms with Crippen LogP contribution < -0.4 is 16.0 Å². The van der Waals surface area contributed by atoms with Gasteiger partial charge in [0.1, 0.15) is 36.5 Å². The lowest BCUT2D eigenvalue weighted by molar-refractivity contribution is -0.168. The van der Waals surface area contributed by atoms with Gasteiger partial charge in [-0.3, -0.25) is 38.8 Å². The van der Waals surface area contributed by atoms with Gasteiger partial charge in [-0.25, -0.2) is 0 Å². The van der Waals surface area contributed by atoms with E-state index in [1.165, 1.54) is 0 Å². The van der Waals surface area contributed by atoms with Gasteiger partial charge >= 0.3 is 23.9 Å². The number of likely N-dealkylation sites (tertiary alicyclic amines) is 4. The predicted octanol–water partition coefficient (Wildman–Crippen LogP) is 6.83. The largest absolute Gasteiger partial charge is 0.462 e. The number of nitrogens with one attached hydrogen (secondary N) is 3. The third kappa shape index (κ3) is 15.8. The molecule has 15 heteroatoms. The predicted molar refractivity (Wildman–Crippen MR) is 275 cm³/mol. The first-order valence-electron chi connectivity index (χ1n) is 26.3. The highest BCUT2D eigenvalue weighted by Crippen LogP contribution is 2.42. The average molecular weight is 976 g/mol. The van der Waals surface area contributed by atoms with Crippen LogP contribution in [-0.4, -0.2) is 179 Å². The summed E-state index contributed by atoms with van der Waals surface area (Å²) in [6.45, 7) is 37.1. The van der Waals surface area contributed by atoms with Gasteiger partial charge in [0.15, 0.2) is 0 Å². The van der Waals surface area contributed by atoms with Crippen LogP contribution in [0.4, 0.5) is 0 Å². The van der Waals surface area contributed by atoms with Gasteiger partial charge in [-0.1, -0.05) is 0 Å². The molecule has 2 atom stereocenters. The third-order valence-electron chi connectivity index (χ3n) is 17.4. The molecule has 0 aromatic rings. The second-order valence-corrected chi connectivity index (χ2v) is 26.6. The molecule has 69 heavy (non-hydrogen) atoms. The van der Waals surface area contributed by atoms with Crippen LogP contribution in [0.5, 0.6) is 0 Å². The quantitative estimate of drug-likeness (QED) is 0.0663. The van der Waals surface area contributed by atoms with E-state index in [2.05, 4.69) is 175 Å². The molecule has 4 aliphatic heterocycles. The second kappa shape index (κ2) is 22.4. The van der Waals surface area contributed by atoms with Crippen molar-refractivity contribution in [1.82, 2.24) is 35.6 Å². The lowest BCUT2D eigenvalue weighted by Gasteiger charge is -2.53. The molecule has 4 saturated heterocycles. The van der Waals surface area contributed by atoms with Crippen LogP contribution in [0.2, 0.25) is 0 Å². The molecule has 0 radical (unpaired) electrons. The maximum absolute atomic E-state index is 13.9. The number of piperidine rings is 4. The Labute approximate surface area is 419 Å². The van der Waals surface area contributed by atoms with Crippen LogP contribution in [0.3, 0.4) is 0 Å². The minimum atomic E-state index is -0.840. The fourth-order valence-corrected chi connectivity index (χ4v) is 12.3. The lowest BCUT2D eigenvalue weighted by atomic mass is 9.78. The van der Waals surface area contributed by atoms with Crippen molar-refractivity contribution < 1.29 is 38.1 Å². The summed E-state index contributed by atoms with van der Waals surface area (Å²) < 4.78 is 24.7. The van der Waals surface area contributed by atoms with Crippen molar-refractivity contribution in [3.63, 3.8) is 0 Å². The summed E-state index contributed by atoms with van der Waals surface area (Å²) in [5.41, 5.74) is -1.25. The molecule has 0 saturated carbocycles. The van der Waals surface area contributed by atoms with Crippen LogP contribution >= 0.6 is 0 Å². The molecule has 4 fully saturated rings. The fourth-order valence-electron chi connectivity index (χ4n) is 12.3. The molecule has 0 amide bonds. The van der Waals surface area contributed by atoms with Gasteiger partial charge in [0.05, 0.1) is 12.8 Å². The molecular formula is C54H101N7O8. The first-order valence-corrected chi connectivity index (χ1v) is 26.3. The van der Waals surface area contributed by atoms with Crippen LogP contribution in [0.1, 0.15) is 188 Å². The fraction of sp³-hybridized carbons (Fsp3) is 0.926. The Bertz CT molecular complexity index is 1560. The van der Waals surface area contributed by atoms with E-state index in [0.29, 0.717) is 90.4 Å². The second-order valence-electron chi connectivity index (χ2n) is 26.6. The number of hydrogen-bond acceptors (Lipinski definition) is 15. The smallest absolute Gasteiger partial charge is 0.324 e. The van der Waals surface area contributed by atoms with Crippen molar-refractivity contribution in [1.29, 1.82) is 0 Å². The Balaban J connectivity index is 1.32. The molecule has 0 aliphatic carbocycles. The summed E-state index contributed by atoms with van der Waals surface area (Å²) in [5.74, 6) is -1.64. The standard InChI is InChI=1S/C54H101N7O8/c1-47(2)29-37(30-48(3,4)58(47)17)66-43(62)27-41(45(64)68-39-33-51(9,10)60(19)52(11,12)34-39)56-25-21-23-55-24-22-26-57-42(46(65)69-40-35-53(13,14)61(20)54(15,16)36-40)28-44(63)67-38-31-49(5,6)59(18)50(7,8)32-38/h37-42,55-57H,21-36H2,1-20H3/t41-,42-/m0/s1. The van der Waals surface area contributed by atoms with E-state index in [0.717, 1.165) is 0 Å². The van der Waals surface area contributed by atoms with Gasteiger partial charge in [0, 0.05) is 95.7 Å². The summed E-state index contributed by atoms with van der Waals surface area (Å²) >= 11 is 0. The maximum Gasteiger partial charge on any atom is 0.324 e. The summed E-state index contributed by atoms with van der Waals surface area (Å²) in [6.07, 6.45) is 5.79. The zero-order valence-corrected chi connectivity index (χ0v) is 47.3. The van der Waals surface area contributed by atoms with E-state index in [1.54, 1.807) is 0 Å². The van der Waals surface area contributed by atoms with E-state index < -0.39 is 36.0 Å². The first kappa shape index (κ1) is 59.2. The van der Waals surface area contributed by atoms with Gasteiger partial charge < -0.3 is 34.9 Å². The van der Waals surface area contributed by atoms with Crippen molar-refractivity contribution in [3.8, 4) is 0 Å². The summed E-state index contributed by atoms with van der Waals surface area (Å²) in [5, 5.41) is 10.2. The van der Waals surface area contributed by atoms with Crippen molar-refractivity contribution in [3.05, 3.63) is 0 Å². The molecule has 0 unspecified atom stereocenters. The highest BCUT2D eigenvalue weighted by Gasteiger charge is 2.49. The molecule has 0 aromatic heterocycles. The molecule has 0 aromatic carbocycles. The van der Waals surface area contributed by atoms with E-state index >= 15 is 0 Å². The number of ether oxygens (including phenoxy) is 4. The van der Waals surface area contributed by atoms with Gasteiger partial charge in [-0.15, -0.1) is 0 Å². The van der Waals surface area contributed by atoms with Crippen LogP contribution in [0.15, 0.2) is 0 Å². The molecule has 4 aliphatic rings. The van der Waals surface area contributed by atoms with E-state index in [-0.39, 0.29) is 81.6 Å². The summed E-state index contributed by atoms with van der Waals surface area (Å²) in [7, 11) is 8.49. The Morgan fingerprint density at radius 1 is 0.391 bits per heavy atom. The topological polar surface area (TPSA) is 154 Å². The molecule has 15 nitrogen and oxygen atoms in total. The SMILES string of the molecule is CN1C(C)(C)CC(OC(=O)C[C@H](NCCCNCCCN[C@@H](CC(=O)OC2CC(C)(C)N(C)C(C)(C)C2)C(=O)OC2CC(C)(C)N(C)C(C)(C)C2)C(=O)OC2CC(C)(C)N(C)C(C)(C)C2)CC1(C)C. The van der Waals surface area contributed by atoms with Crippen molar-refractivity contribution in [2.24, 2.45) is 0 Å². The average Bonchev–Trinajstić information content (AvgIpc) is 3.17. The number of carbonyl (C=O) groups is 4. The lowest BCUT2D eigenvalue weighted by Crippen LogP contribution is -2.61. The monoisotopic (exact) mass is 976 g/mol. The minimum absolute atomic E-state index is 0.108. The highest BCUT2D eigenvalue weighted by molar-refractivity contribution is 5.83. The van der Waals surface area contributed by atoms with Crippen molar-refractivity contribution in [2.75, 3.05) is 54.4 Å². The minimum Gasteiger partial charge on any atom is -0.462 e. The maximum atomic E-state index is 13.9. The molecule has 3 N–H and O–H groups in total. The van der Waals surface area contributed by atoms with Gasteiger partial charge in [0.2, 0.25) is 0 Å². The highest BCUT2D eigenvalue weighted by atomic mass is 16.6. The van der Waals surface area contributed by atoms with Crippen LogP contribution in [0, 0.1) is 0 Å². The molecule has 0 bridgehead atoms. The van der Waals surface area contributed by atoms with Gasteiger partial charge in [-0.05, 0) is 178 Å². The number of nitrogens with zero attached hydrogens (tertiary/aromatic N) is 4. The van der Waals surface area contributed by atoms with Crippen molar-refractivity contribution in [2.45, 2.75) is 269 Å². The normalized spacial score (nSPS) is 26.1. The Kier molecular flexibility index (Phi) is 19.2. The number of rotatable bonds is 20. The van der Waals surface area contributed by atoms with Gasteiger partial charge in [0.25, 0.3) is 0 Å². The number of esters is 4. The Morgan fingerprint density at radius 3 is 0.841 bits per heavy atom. The Morgan fingerprint density at radius 2 is 0.609 bits per heavy atom. The zero-order valence-electron chi connectivity index (χ0n) is 47.3. The van der Waals surface area contributed by atoms with Crippen LogP contribution in [0.25, 0.3) is 0 Å². The zero-order chi connectivity index (χ0) is 52.3. The Hall–Kier alpha value is -2.40. The molecule has 4 heterocycles. The summed E-state index contributed by atoms with van der Waals surface area (Å²) in [6, 6.07) is -1.68. The molecule has 0 spiro atoms.